The van der Waals surface area contributed by atoms with Crippen LogP contribution in [0.3, 0.4) is 0 Å². The largest absolute Gasteiger partial charge is 0.494 e. The molecule has 182 valence electrons. The maximum atomic E-state index is 14.5. The van der Waals surface area contributed by atoms with Gasteiger partial charge < -0.3 is 19.5 Å². The van der Waals surface area contributed by atoms with Crippen molar-refractivity contribution in [2.24, 2.45) is 0 Å². The van der Waals surface area contributed by atoms with Crippen molar-refractivity contribution in [3.8, 4) is 17.2 Å². The van der Waals surface area contributed by atoms with Crippen LogP contribution < -0.4 is 14.8 Å². The quantitative estimate of drug-likeness (QED) is 0.379. The van der Waals surface area contributed by atoms with Crippen molar-refractivity contribution in [3.63, 3.8) is 0 Å². The summed E-state index contributed by atoms with van der Waals surface area (Å²) in [6, 6.07) is 15.5. The Balaban J connectivity index is 1.65. The maximum absolute atomic E-state index is 14.5. The number of carbonyl (C=O) groups is 1. The van der Waals surface area contributed by atoms with Gasteiger partial charge in [0.25, 0.3) is 0 Å². The van der Waals surface area contributed by atoms with Gasteiger partial charge in [0.1, 0.15) is 24.3 Å². The lowest BCUT2D eigenvalue weighted by atomic mass is 10.0. The Morgan fingerprint density at radius 1 is 1.06 bits per heavy atom. The van der Waals surface area contributed by atoms with Gasteiger partial charge in [0.05, 0.1) is 30.6 Å². The molecule has 0 saturated carbocycles. The fraction of sp³-hybridized carbons (Fsp3) is 0.231. The fourth-order valence-corrected chi connectivity index (χ4v) is 3.84. The lowest BCUT2D eigenvalue weighted by Gasteiger charge is -2.27. The smallest absolute Gasteiger partial charge is 0.246 e. The average molecular weight is 481 g/mol. The SMILES string of the molecule is COCC(=O)NC(C)[C@H](Oc1ccc2c(cnn2-c2ccc(F)cc2)c1)c1ccc(OC)c(F)c1. The van der Waals surface area contributed by atoms with Crippen molar-refractivity contribution in [2.45, 2.75) is 19.1 Å². The molecule has 0 saturated heterocycles. The van der Waals surface area contributed by atoms with Crippen molar-refractivity contribution < 1.29 is 27.8 Å². The Morgan fingerprint density at radius 2 is 1.83 bits per heavy atom. The first-order valence-electron chi connectivity index (χ1n) is 10.9. The van der Waals surface area contributed by atoms with Gasteiger partial charge in [-0.1, -0.05) is 6.07 Å². The lowest BCUT2D eigenvalue weighted by molar-refractivity contribution is -0.126. The van der Waals surface area contributed by atoms with Gasteiger partial charge in [-0.15, -0.1) is 0 Å². The number of methoxy groups -OCH3 is 2. The van der Waals surface area contributed by atoms with Gasteiger partial charge in [-0.25, -0.2) is 13.5 Å². The number of carbonyl (C=O) groups excluding carboxylic acids is 1. The third-order valence-electron chi connectivity index (χ3n) is 5.50. The van der Waals surface area contributed by atoms with E-state index < -0.39 is 18.0 Å². The molecule has 0 radical (unpaired) electrons. The van der Waals surface area contributed by atoms with Crippen LogP contribution in [-0.2, 0) is 9.53 Å². The van der Waals surface area contributed by atoms with Gasteiger partial charge in [-0.2, -0.15) is 5.10 Å². The van der Waals surface area contributed by atoms with Gasteiger partial charge >= 0.3 is 0 Å². The number of amides is 1. The monoisotopic (exact) mass is 481 g/mol. The topological polar surface area (TPSA) is 74.6 Å². The van der Waals surface area contributed by atoms with E-state index in [0.717, 1.165) is 16.6 Å². The molecular weight excluding hydrogens is 456 g/mol. The second-order valence-corrected chi connectivity index (χ2v) is 7.98. The Labute approximate surface area is 201 Å². The third kappa shape index (κ3) is 5.41. The lowest BCUT2D eigenvalue weighted by Crippen LogP contribution is -2.40. The van der Waals surface area contributed by atoms with Crippen LogP contribution in [0.15, 0.2) is 66.9 Å². The predicted octanol–water partition coefficient (Wildman–Crippen LogP) is 4.58. The van der Waals surface area contributed by atoms with Crippen molar-refractivity contribution in [1.29, 1.82) is 0 Å². The molecule has 4 rings (SSSR count). The summed E-state index contributed by atoms with van der Waals surface area (Å²) >= 11 is 0. The van der Waals surface area contributed by atoms with E-state index in [-0.39, 0.29) is 24.1 Å². The molecule has 1 aromatic heterocycles. The molecule has 2 atom stereocenters. The van der Waals surface area contributed by atoms with E-state index in [9.17, 15) is 13.6 Å². The van der Waals surface area contributed by atoms with Gasteiger partial charge in [0.15, 0.2) is 11.6 Å². The second-order valence-electron chi connectivity index (χ2n) is 7.98. The summed E-state index contributed by atoms with van der Waals surface area (Å²) in [7, 11) is 2.82. The molecule has 4 aromatic rings. The molecule has 1 N–H and O–H groups in total. The first kappa shape index (κ1) is 24.2. The average Bonchev–Trinajstić information content (AvgIpc) is 3.26. The van der Waals surface area contributed by atoms with E-state index in [2.05, 4.69) is 10.4 Å². The molecule has 1 heterocycles. The number of hydrogen-bond donors (Lipinski definition) is 1. The number of fused-ring (bicyclic) bond motifs is 1. The third-order valence-corrected chi connectivity index (χ3v) is 5.50. The number of aromatic nitrogens is 2. The second kappa shape index (κ2) is 10.5. The number of hydrogen-bond acceptors (Lipinski definition) is 5. The predicted molar refractivity (Wildman–Crippen MR) is 127 cm³/mol. The number of halogens is 2. The minimum Gasteiger partial charge on any atom is -0.494 e. The highest BCUT2D eigenvalue weighted by atomic mass is 19.1. The molecule has 1 amide bonds. The molecule has 0 aliphatic heterocycles. The highest BCUT2D eigenvalue weighted by molar-refractivity contribution is 5.82. The van der Waals surface area contributed by atoms with Gasteiger partial charge in [0, 0.05) is 12.5 Å². The number of nitrogens with zero attached hydrogens (tertiary/aromatic N) is 2. The maximum Gasteiger partial charge on any atom is 0.246 e. The van der Waals surface area contributed by atoms with Crippen molar-refractivity contribution >= 4 is 16.8 Å². The van der Waals surface area contributed by atoms with E-state index in [0.29, 0.717) is 11.3 Å². The minimum absolute atomic E-state index is 0.109. The highest BCUT2D eigenvalue weighted by Crippen LogP contribution is 2.31. The fourth-order valence-electron chi connectivity index (χ4n) is 3.84. The van der Waals surface area contributed by atoms with Gasteiger partial charge in [0.2, 0.25) is 5.91 Å². The molecule has 7 nitrogen and oxygen atoms in total. The summed E-state index contributed by atoms with van der Waals surface area (Å²) in [5.41, 5.74) is 2.05. The van der Waals surface area contributed by atoms with Gasteiger partial charge in [-0.3, -0.25) is 4.79 Å². The molecule has 0 spiro atoms. The van der Waals surface area contributed by atoms with Crippen LogP contribution in [0.25, 0.3) is 16.6 Å². The molecule has 1 unspecified atom stereocenters. The Kier molecular flexibility index (Phi) is 7.26. The molecule has 0 bridgehead atoms. The summed E-state index contributed by atoms with van der Waals surface area (Å²) in [6.07, 6.45) is 0.970. The number of benzene rings is 3. The summed E-state index contributed by atoms with van der Waals surface area (Å²) in [5, 5.41) is 8.02. The summed E-state index contributed by atoms with van der Waals surface area (Å²) < 4.78 is 45.6. The van der Waals surface area contributed by atoms with E-state index in [4.69, 9.17) is 14.2 Å². The van der Waals surface area contributed by atoms with Crippen LogP contribution in [0.5, 0.6) is 11.5 Å². The Morgan fingerprint density at radius 3 is 2.51 bits per heavy atom. The Bertz CT molecular complexity index is 1320. The van der Waals surface area contributed by atoms with Crippen LogP contribution in [0.1, 0.15) is 18.6 Å². The number of ether oxygens (including phenoxy) is 3. The normalized spacial score (nSPS) is 12.8. The van der Waals surface area contributed by atoms with Crippen molar-refractivity contribution in [3.05, 3.63) is 84.1 Å². The standard InChI is InChI=1S/C26H25F2N3O4/c1-16(30-25(32)15-33-2)26(17-4-11-24(34-3)22(28)13-17)35-21-9-10-23-18(12-21)14-29-31(23)20-7-5-19(27)6-8-20/h4-14,16,26H,15H2,1-3H3,(H,30,32)/t16?,26-/m0/s1. The molecule has 3 aromatic carbocycles. The van der Waals surface area contributed by atoms with E-state index in [1.807, 2.05) is 6.07 Å². The van der Waals surface area contributed by atoms with Crippen molar-refractivity contribution in [2.75, 3.05) is 20.8 Å². The molecule has 0 fully saturated rings. The zero-order valence-corrected chi connectivity index (χ0v) is 19.5. The van der Waals surface area contributed by atoms with E-state index in [1.165, 1.54) is 38.5 Å². The van der Waals surface area contributed by atoms with Crippen molar-refractivity contribution in [1.82, 2.24) is 15.1 Å². The minimum atomic E-state index is -0.708. The molecule has 0 aliphatic carbocycles. The number of nitrogens with one attached hydrogen (secondary N) is 1. The zero-order chi connectivity index (χ0) is 24.9. The van der Waals surface area contributed by atoms with E-state index in [1.54, 1.807) is 48.1 Å². The molecule has 9 heteroatoms. The highest BCUT2D eigenvalue weighted by Gasteiger charge is 2.25. The first-order chi connectivity index (χ1) is 16.9. The number of rotatable bonds is 9. The van der Waals surface area contributed by atoms with Crippen LogP contribution in [0.2, 0.25) is 0 Å². The first-order valence-corrected chi connectivity index (χ1v) is 10.9. The van der Waals surface area contributed by atoms with Crippen LogP contribution in [-0.4, -0.2) is 42.6 Å². The molecular formula is C26H25F2N3O4. The Hall–Kier alpha value is -3.98. The van der Waals surface area contributed by atoms with Crippen LogP contribution in [0.4, 0.5) is 8.78 Å². The summed E-state index contributed by atoms with van der Waals surface area (Å²) in [6.45, 7) is 1.66. The van der Waals surface area contributed by atoms with Crippen LogP contribution in [0, 0.1) is 11.6 Å². The molecule has 35 heavy (non-hydrogen) atoms. The van der Waals surface area contributed by atoms with Crippen LogP contribution >= 0.6 is 0 Å². The molecule has 0 aliphatic rings. The van der Waals surface area contributed by atoms with E-state index >= 15 is 0 Å². The summed E-state index contributed by atoms with van der Waals surface area (Å²) in [4.78, 5) is 12.1. The van der Waals surface area contributed by atoms with Gasteiger partial charge in [-0.05, 0) is 67.1 Å². The zero-order valence-electron chi connectivity index (χ0n) is 19.5. The summed E-state index contributed by atoms with van der Waals surface area (Å²) in [5.74, 6) is -0.569.